The molecule has 9 heteroatoms. The summed E-state index contributed by atoms with van der Waals surface area (Å²) in [6.45, 7) is -2.60. The van der Waals surface area contributed by atoms with Gasteiger partial charge in [-0.1, -0.05) is 0 Å². The maximum atomic E-state index is 9.33. The van der Waals surface area contributed by atoms with Crippen LogP contribution in [0, 0.1) is 0 Å². The Balaban J connectivity index is 3.06. The van der Waals surface area contributed by atoms with Crippen LogP contribution in [0.15, 0.2) is 0 Å². The third-order valence-electron chi connectivity index (χ3n) is 3.28. The van der Waals surface area contributed by atoms with E-state index in [0.717, 1.165) is 0 Å². The van der Waals surface area contributed by atoms with Crippen molar-refractivity contribution in [3.63, 3.8) is 0 Å². The molecular weight excluding hydrogens is 246 g/mol. The third-order valence-corrected chi connectivity index (χ3v) is 3.28. The van der Waals surface area contributed by atoms with Gasteiger partial charge in [-0.05, 0) is 0 Å². The highest BCUT2D eigenvalue weighted by atomic mass is 16.3. The average Bonchev–Trinajstić information content (AvgIpc) is 2.43. The van der Waals surface area contributed by atoms with Gasteiger partial charge in [0.05, 0.1) is 58.5 Å². The van der Waals surface area contributed by atoms with Crippen LogP contribution in [0.5, 0.6) is 0 Å². The normalized spacial score (nSPS) is 32.0. The van der Waals surface area contributed by atoms with E-state index >= 15 is 0 Å². The van der Waals surface area contributed by atoms with Crippen LogP contribution in [0.3, 0.4) is 0 Å². The van der Waals surface area contributed by atoms with Crippen LogP contribution in [0.2, 0.25) is 0 Å². The molecule has 0 aromatic rings. The van der Waals surface area contributed by atoms with Crippen molar-refractivity contribution in [2.45, 2.75) is 18.5 Å². The Hall–Kier alpha value is -0.360. The first-order valence-electron chi connectivity index (χ1n) is 5.62. The van der Waals surface area contributed by atoms with Crippen molar-refractivity contribution in [1.29, 1.82) is 0 Å². The Kier molecular flexibility index (Phi) is 6.35. The van der Waals surface area contributed by atoms with Gasteiger partial charge in [0.15, 0.2) is 0 Å². The van der Waals surface area contributed by atoms with E-state index in [9.17, 15) is 30.6 Å². The molecule has 0 saturated carbocycles. The summed E-state index contributed by atoms with van der Waals surface area (Å²) < 4.78 is 0. The summed E-state index contributed by atoms with van der Waals surface area (Å²) in [5, 5.41) is 55.9. The minimum atomic E-state index is -0.753. The lowest BCUT2D eigenvalue weighted by atomic mass is 10.2. The Labute approximate surface area is 105 Å². The van der Waals surface area contributed by atoms with Crippen molar-refractivity contribution in [3.05, 3.63) is 0 Å². The van der Waals surface area contributed by atoms with Gasteiger partial charge in [-0.15, -0.1) is 0 Å². The van der Waals surface area contributed by atoms with E-state index < -0.39 is 58.5 Å². The number of aliphatic hydroxyl groups excluding tert-OH is 6. The van der Waals surface area contributed by atoms with Gasteiger partial charge >= 0.3 is 0 Å². The number of hydrogen-bond acceptors (Lipinski definition) is 9. The minimum Gasteiger partial charge on any atom is -0.393 e. The van der Waals surface area contributed by atoms with Crippen LogP contribution < -0.4 is 0 Å². The van der Waals surface area contributed by atoms with Crippen LogP contribution in [0.4, 0.5) is 0 Å². The molecule has 0 aliphatic carbocycles. The Morgan fingerprint density at radius 3 is 0.833 bits per heavy atom. The molecule has 0 amide bonds. The Morgan fingerprint density at radius 2 is 0.722 bits per heavy atom. The van der Waals surface area contributed by atoms with E-state index in [4.69, 9.17) is 0 Å². The zero-order valence-electron chi connectivity index (χ0n) is 10.00. The van der Waals surface area contributed by atoms with Gasteiger partial charge in [0, 0.05) is 0 Å². The second-order valence-electron chi connectivity index (χ2n) is 3.96. The van der Waals surface area contributed by atoms with Gasteiger partial charge in [-0.3, -0.25) is 0 Å². The van der Waals surface area contributed by atoms with E-state index in [2.05, 4.69) is 0 Å². The predicted octanol–water partition coefficient (Wildman–Crippen LogP) is -4.29. The Morgan fingerprint density at radius 1 is 0.500 bits per heavy atom. The van der Waals surface area contributed by atoms with Crippen molar-refractivity contribution in [2.24, 2.45) is 0 Å². The first-order valence-corrected chi connectivity index (χ1v) is 5.62. The van der Waals surface area contributed by atoms with Gasteiger partial charge < -0.3 is 30.6 Å². The molecule has 0 spiro atoms. The molecule has 0 radical (unpaired) electrons. The zero-order chi connectivity index (χ0) is 13.7. The van der Waals surface area contributed by atoms with E-state index in [1.54, 1.807) is 0 Å². The fourth-order valence-electron chi connectivity index (χ4n) is 2.36. The van der Waals surface area contributed by atoms with Gasteiger partial charge in [0.25, 0.3) is 0 Å². The molecule has 6 N–H and O–H groups in total. The van der Waals surface area contributed by atoms with Crippen LogP contribution in [-0.4, -0.2) is 104 Å². The summed E-state index contributed by atoms with van der Waals surface area (Å²) in [7, 11) is 0. The standard InChI is InChI=1S/C9H21N3O6/c13-1-7-10(4-16)8(2-14)12(6-18)9(3-15)11(7)5-17/h7-9,13-18H,1-6H2. The summed E-state index contributed by atoms with van der Waals surface area (Å²) in [5.41, 5.74) is 0. The summed E-state index contributed by atoms with van der Waals surface area (Å²) in [6, 6.07) is 0. The molecule has 18 heavy (non-hydrogen) atoms. The maximum absolute atomic E-state index is 9.33. The number of rotatable bonds is 6. The van der Waals surface area contributed by atoms with Crippen molar-refractivity contribution in [3.8, 4) is 0 Å². The average molecular weight is 267 g/mol. The van der Waals surface area contributed by atoms with Crippen molar-refractivity contribution in [1.82, 2.24) is 14.7 Å². The molecule has 1 saturated heterocycles. The summed E-state index contributed by atoms with van der Waals surface area (Å²) >= 11 is 0. The van der Waals surface area contributed by atoms with Gasteiger partial charge in [-0.2, -0.15) is 0 Å². The molecule has 0 bridgehead atoms. The highest BCUT2D eigenvalue weighted by molar-refractivity contribution is 4.88. The van der Waals surface area contributed by atoms with Crippen molar-refractivity contribution in [2.75, 3.05) is 40.0 Å². The zero-order valence-corrected chi connectivity index (χ0v) is 10.00. The van der Waals surface area contributed by atoms with Gasteiger partial charge in [0.1, 0.15) is 0 Å². The molecule has 0 unspecified atom stereocenters. The van der Waals surface area contributed by atoms with Crippen LogP contribution in [0.25, 0.3) is 0 Å². The SMILES string of the molecule is OCC1N(CO)C(CO)N(CO)C(CO)N1CO. The molecule has 0 atom stereocenters. The molecule has 9 nitrogen and oxygen atoms in total. The van der Waals surface area contributed by atoms with E-state index in [-0.39, 0.29) is 0 Å². The highest BCUT2D eigenvalue weighted by Crippen LogP contribution is 2.24. The largest absolute Gasteiger partial charge is 0.393 e. The summed E-state index contributed by atoms with van der Waals surface area (Å²) in [4.78, 5) is 3.95. The van der Waals surface area contributed by atoms with E-state index in [1.807, 2.05) is 0 Å². The van der Waals surface area contributed by atoms with Crippen LogP contribution in [-0.2, 0) is 0 Å². The van der Waals surface area contributed by atoms with Gasteiger partial charge in [-0.25, -0.2) is 14.7 Å². The Bertz CT molecular complexity index is 172. The fourth-order valence-corrected chi connectivity index (χ4v) is 2.36. The van der Waals surface area contributed by atoms with Crippen LogP contribution >= 0.6 is 0 Å². The van der Waals surface area contributed by atoms with Crippen molar-refractivity contribution < 1.29 is 30.6 Å². The molecule has 108 valence electrons. The summed E-state index contributed by atoms with van der Waals surface area (Å²) in [6.07, 6.45) is -2.26. The number of nitrogens with zero attached hydrogens (tertiary/aromatic N) is 3. The third kappa shape index (κ3) is 2.64. The molecule has 1 fully saturated rings. The lowest BCUT2D eigenvalue weighted by molar-refractivity contribution is -0.246. The molecule has 0 aromatic carbocycles. The molecule has 1 aliphatic rings. The second-order valence-corrected chi connectivity index (χ2v) is 3.96. The first kappa shape index (κ1) is 15.7. The molecule has 1 aliphatic heterocycles. The summed E-state index contributed by atoms with van der Waals surface area (Å²) in [5.74, 6) is 0. The van der Waals surface area contributed by atoms with Gasteiger partial charge in [0.2, 0.25) is 0 Å². The lowest BCUT2D eigenvalue weighted by Crippen LogP contribution is -2.73. The quantitative estimate of drug-likeness (QED) is 0.283. The molecule has 1 heterocycles. The topological polar surface area (TPSA) is 131 Å². The fraction of sp³-hybridized carbons (Fsp3) is 1.00. The molecule has 0 aromatic heterocycles. The van der Waals surface area contributed by atoms with E-state index in [1.165, 1.54) is 14.7 Å². The monoisotopic (exact) mass is 267 g/mol. The molecular formula is C9H21N3O6. The number of hydrogen-bond donors (Lipinski definition) is 6. The molecule has 1 rings (SSSR count). The van der Waals surface area contributed by atoms with E-state index in [0.29, 0.717) is 0 Å². The van der Waals surface area contributed by atoms with Crippen molar-refractivity contribution >= 4 is 0 Å². The van der Waals surface area contributed by atoms with Crippen LogP contribution in [0.1, 0.15) is 0 Å². The second kappa shape index (κ2) is 7.28. The first-order chi connectivity index (χ1) is 8.69. The highest BCUT2D eigenvalue weighted by Gasteiger charge is 2.44. The smallest absolute Gasteiger partial charge is 0.0983 e. The maximum Gasteiger partial charge on any atom is 0.0983 e. The minimum absolute atomic E-state index is 0.395. The number of aliphatic hydroxyl groups is 6. The lowest BCUT2D eigenvalue weighted by Gasteiger charge is -2.54. The predicted molar refractivity (Wildman–Crippen MR) is 59.4 cm³/mol.